The number of rotatable bonds is 0. The predicted molar refractivity (Wildman–Crippen MR) is 28.4 cm³/mol. The van der Waals surface area contributed by atoms with Crippen molar-refractivity contribution in [1.82, 2.24) is 0 Å². The van der Waals surface area contributed by atoms with Gasteiger partial charge in [-0.05, 0) is 0 Å². The molecule has 0 nitrogen and oxygen atoms in total. The summed E-state index contributed by atoms with van der Waals surface area (Å²) in [6, 6.07) is 0. The molecule has 0 N–H and O–H groups in total. The zero-order chi connectivity index (χ0) is 0. The standard InChI is InChI=1S/Au.Ga.In.Sn.8H. The summed E-state index contributed by atoms with van der Waals surface area (Å²) < 4.78 is 0. The fourth-order valence-electron chi connectivity index (χ4n) is 0. The zero-order valence-electron chi connectivity index (χ0n) is 1.01. The molecule has 0 aliphatic carbocycles. The molecule has 0 aromatic rings. The Morgan fingerprint density at radius 1 is 1.00 bits per heavy atom. The summed E-state index contributed by atoms with van der Waals surface area (Å²) in [5.74, 6) is 0. The van der Waals surface area contributed by atoms with Crippen LogP contribution in [0.2, 0.25) is 0 Å². The van der Waals surface area contributed by atoms with Crippen LogP contribution in [0.25, 0.3) is 0 Å². The zero-order valence-corrected chi connectivity index (χ0v) is 7.21. The first-order chi connectivity index (χ1) is 0. The molecule has 0 rings (SSSR count). The van der Waals surface area contributed by atoms with Crippen molar-refractivity contribution >= 4 is 69.5 Å². The summed E-state index contributed by atoms with van der Waals surface area (Å²) in [7, 11) is 0. The topological polar surface area (TPSA) is 0 Å². The van der Waals surface area contributed by atoms with Crippen LogP contribution in [-0.2, 0) is 22.4 Å². The Kier molecular flexibility index (Phi) is 115. The van der Waals surface area contributed by atoms with E-state index in [1.165, 1.54) is 0 Å². The van der Waals surface area contributed by atoms with Crippen LogP contribution < -0.4 is 0 Å². The second kappa shape index (κ2) is 16.6. The van der Waals surface area contributed by atoms with Gasteiger partial charge in [-0.3, -0.25) is 0 Å². The van der Waals surface area contributed by atoms with Gasteiger partial charge in [0.05, 0.1) is 0 Å². The van der Waals surface area contributed by atoms with E-state index in [2.05, 4.69) is 0 Å². The molecule has 3 radical (unpaired) electrons. The third-order valence-electron chi connectivity index (χ3n) is 0. The van der Waals surface area contributed by atoms with Gasteiger partial charge in [0.2, 0.25) is 0 Å². The van der Waals surface area contributed by atoms with E-state index in [0.29, 0.717) is 0 Å². The molecule has 4 heteroatoms. The van der Waals surface area contributed by atoms with Crippen molar-refractivity contribution in [3.05, 3.63) is 0 Å². The van der Waals surface area contributed by atoms with Gasteiger partial charge in [0.25, 0.3) is 0 Å². The molecular weight excluding hydrogens is 500 g/mol. The minimum absolute atomic E-state index is 0. The molecule has 0 aromatic carbocycles. The maximum atomic E-state index is 0. The van der Waals surface area contributed by atoms with E-state index in [1.807, 2.05) is 0 Å². The number of hydrogen-bond acceptors (Lipinski definition) is 0. The second-order valence-corrected chi connectivity index (χ2v) is 0. The molecule has 4 heavy (non-hydrogen) atoms. The summed E-state index contributed by atoms with van der Waals surface area (Å²) >= 11 is 0. The van der Waals surface area contributed by atoms with Gasteiger partial charge >= 0.3 is 69.5 Å². The minimum atomic E-state index is 0. The van der Waals surface area contributed by atoms with Crippen molar-refractivity contribution in [1.29, 1.82) is 0 Å². The van der Waals surface area contributed by atoms with Gasteiger partial charge in [-0.25, -0.2) is 0 Å². The summed E-state index contributed by atoms with van der Waals surface area (Å²) in [5, 5.41) is 0. The Morgan fingerprint density at radius 3 is 1.00 bits per heavy atom. The van der Waals surface area contributed by atoms with Gasteiger partial charge in [-0.1, -0.05) is 0 Å². The van der Waals surface area contributed by atoms with Crippen LogP contribution in [0.1, 0.15) is 0 Å². The maximum absolute atomic E-state index is 0. The van der Waals surface area contributed by atoms with Crippen LogP contribution >= 0.6 is 0 Å². The summed E-state index contributed by atoms with van der Waals surface area (Å²) in [4.78, 5) is 0. The van der Waals surface area contributed by atoms with E-state index in [4.69, 9.17) is 0 Å². The summed E-state index contributed by atoms with van der Waals surface area (Å²) in [6.45, 7) is 0. The first kappa shape index (κ1) is 27.8. The van der Waals surface area contributed by atoms with E-state index in [9.17, 15) is 0 Å². The van der Waals surface area contributed by atoms with Gasteiger partial charge in [0, 0.05) is 22.4 Å². The molecule has 0 aliphatic heterocycles. The fourth-order valence-corrected chi connectivity index (χ4v) is 0. The third kappa shape index (κ3) is 8.90. The summed E-state index contributed by atoms with van der Waals surface area (Å²) in [5.41, 5.74) is 0. The van der Waals surface area contributed by atoms with Crippen molar-refractivity contribution in [2.75, 3.05) is 0 Å². The van der Waals surface area contributed by atoms with E-state index < -0.39 is 0 Å². The molecule has 0 fully saturated rings. The van der Waals surface area contributed by atoms with Crippen molar-refractivity contribution < 1.29 is 22.4 Å². The molecule has 0 bridgehead atoms. The Morgan fingerprint density at radius 2 is 1.00 bits per heavy atom. The monoisotopic (exact) mass is 509 g/mol. The van der Waals surface area contributed by atoms with Crippen molar-refractivity contribution in [3.8, 4) is 0 Å². The quantitative estimate of drug-likeness (QED) is 0.302. The Hall–Kier alpha value is 3.05. The average Bonchev–Trinajstić information content (AvgIpc) is 0. The number of hydrogen-bond donors (Lipinski definition) is 0. The van der Waals surface area contributed by atoms with Gasteiger partial charge in [0.15, 0.2) is 0 Å². The van der Waals surface area contributed by atoms with Crippen LogP contribution in [0.4, 0.5) is 0 Å². The Bertz CT molecular complexity index is 8.00. The van der Waals surface area contributed by atoms with Crippen LogP contribution in [-0.4, -0.2) is 69.5 Å². The molecule has 0 aliphatic rings. The van der Waals surface area contributed by atoms with E-state index in [-0.39, 0.29) is 91.9 Å². The molecule has 0 spiro atoms. The molecular formula is H8AuGaInSn. The van der Waals surface area contributed by atoms with Gasteiger partial charge in [0.1, 0.15) is 0 Å². The fraction of sp³-hybridized carbons (Fsp3) is 0. The average molecular weight is 508 g/mol. The normalized spacial score (nSPS) is 0. The van der Waals surface area contributed by atoms with Crippen molar-refractivity contribution in [3.63, 3.8) is 0 Å². The second-order valence-electron chi connectivity index (χ2n) is 0. The molecule has 0 saturated heterocycles. The SMILES string of the molecule is [Au].[GaH3].[InH3].[SnH2]. The van der Waals surface area contributed by atoms with Crippen LogP contribution in [0.5, 0.6) is 0 Å². The first-order valence-electron chi connectivity index (χ1n) is 0. The van der Waals surface area contributed by atoms with Crippen molar-refractivity contribution in [2.24, 2.45) is 0 Å². The van der Waals surface area contributed by atoms with Gasteiger partial charge in [-0.15, -0.1) is 0 Å². The summed E-state index contributed by atoms with van der Waals surface area (Å²) in [6.07, 6.45) is 0. The molecule has 0 atom stereocenters. The molecule has 29 valence electrons. The Labute approximate surface area is 90.2 Å². The third-order valence-corrected chi connectivity index (χ3v) is 0. The van der Waals surface area contributed by atoms with Crippen LogP contribution in [0.15, 0.2) is 0 Å². The van der Waals surface area contributed by atoms with Gasteiger partial charge < -0.3 is 0 Å². The predicted octanol–water partition coefficient (Wildman–Crippen LogP) is -3.29. The van der Waals surface area contributed by atoms with Crippen molar-refractivity contribution in [2.45, 2.75) is 0 Å². The molecule has 0 amide bonds. The molecule has 0 saturated carbocycles. The first-order valence-corrected chi connectivity index (χ1v) is 0. The van der Waals surface area contributed by atoms with Gasteiger partial charge in [-0.2, -0.15) is 0 Å². The van der Waals surface area contributed by atoms with Crippen LogP contribution in [0, 0.1) is 0 Å². The van der Waals surface area contributed by atoms with E-state index >= 15 is 0 Å². The Balaban J connectivity index is 0. The molecule has 0 unspecified atom stereocenters. The van der Waals surface area contributed by atoms with E-state index in [1.54, 1.807) is 0 Å². The van der Waals surface area contributed by atoms with Crippen LogP contribution in [0.3, 0.4) is 0 Å². The molecule has 0 heterocycles. The molecule has 0 aromatic heterocycles. The van der Waals surface area contributed by atoms with E-state index in [0.717, 1.165) is 0 Å².